The number of aryl methyl sites for hydroxylation is 1. The second-order valence-electron chi connectivity index (χ2n) is 7.95. The van der Waals surface area contributed by atoms with E-state index in [9.17, 15) is 14.4 Å². The average molecular weight is 448 g/mol. The molecule has 1 amide bonds. The molecule has 158 valence electrons. The number of ketones is 1. The molecule has 1 aliphatic carbocycles. The van der Waals surface area contributed by atoms with Crippen molar-refractivity contribution in [2.45, 2.75) is 44.7 Å². The van der Waals surface area contributed by atoms with Crippen LogP contribution in [0.25, 0.3) is 0 Å². The Morgan fingerprint density at radius 2 is 1.87 bits per heavy atom. The van der Waals surface area contributed by atoms with Gasteiger partial charge in [-0.15, -0.1) is 0 Å². The number of hydrogen-bond acceptors (Lipinski definition) is 4. The van der Waals surface area contributed by atoms with Crippen molar-refractivity contribution < 1.29 is 9.59 Å². The first-order chi connectivity index (χ1) is 14.4. The van der Waals surface area contributed by atoms with Crippen LogP contribution in [0.15, 0.2) is 29.1 Å². The number of halogens is 2. The summed E-state index contributed by atoms with van der Waals surface area (Å²) in [6, 6.07) is 7.10. The van der Waals surface area contributed by atoms with Crippen LogP contribution in [-0.4, -0.2) is 40.7 Å². The summed E-state index contributed by atoms with van der Waals surface area (Å²) in [5, 5.41) is 4.05. The van der Waals surface area contributed by atoms with Gasteiger partial charge in [0.1, 0.15) is 5.56 Å². The first-order valence-electron chi connectivity index (χ1n) is 10.2. The van der Waals surface area contributed by atoms with Crippen LogP contribution in [0.3, 0.4) is 0 Å². The number of pyridine rings is 1. The molecule has 2 heterocycles. The largest absolute Gasteiger partial charge is 0.349 e. The van der Waals surface area contributed by atoms with E-state index in [0.29, 0.717) is 34.1 Å². The molecule has 2 aliphatic rings. The number of amides is 1. The molecule has 1 saturated heterocycles. The van der Waals surface area contributed by atoms with Gasteiger partial charge >= 0.3 is 0 Å². The van der Waals surface area contributed by atoms with Crippen LogP contribution < -0.4 is 10.9 Å². The van der Waals surface area contributed by atoms with E-state index in [2.05, 4.69) is 15.2 Å². The fourth-order valence-corrected chi connectivity index (χ4v) is 4.46. The van der Waals surface area contributed by atoms with Crippen molar-refractivity contribution in [3.05, 3.63) is 67.0 Å². The average Bonchev–Trinajstić information content (AvgIpc) is 2.72. The second kappa shape index (κ2) is 8.92. The first-order valence-corrected chi connectivity index (χ1v) is 10.9. The van der Waals surface area contributed by atoms with Crippen LogP contribution in [0.5, 0.6) is 0 Å². The lowest BCUT2D eigenvalue weighted by molar-refractivity contribution is 0.0907. The summed E-state index contributed by atoms with van der Waals surface area (Å²) in [7, 11) is 0. The number of hydrogen-bond donors (Lipinski definition) is 2. The fraction of sp³-hybridized carbons (Fsp3) is 0.409. The maximum atomic E-state index is 12.7. The summed E-state index contributed by atoms with van der Waals surface area (Å²) in [6.07, 6.45) is 3.42. The topological polar surface area (TPSA) is 82.3 Å². The molecule has 0 bridgehead atoms. The normalized spacial score (nSPS) is 17.6. The molecule has 2 aromatic rings. The van der Waals surface area contributed by atoms with Crippen molar-refractivity contribution >= 4 is 34.9 Å². The van der Waals surface area contributed by atoms with E-state index in [-0.39, 0.29) is 17.4 Å². The molecule has 1 aromatic carbocycles. The molecule has 1 aromatic heterocycles. The van der Waals surface area contributed by atoms with Gasteiger partial charge in [-0.1, -0.05) is 29.3 Å². The number of fused-ring (bicyclic) bond motifs is 1. The van der Waals surface area contributed by atoms with E-state index >= 15 is 0 Å². The van der Waals surface area contributed by atoms with Gasteiger partial charge in [0.2, 0.25) is 0 Å². The Morgan fingerprint density at radius 3 is 2.60 bits per heavy atom. The molecule has 0 atom stereocenters. The number of piperidine rings is 1. The smallest absolute Gasteiger partial charge is 0.261 e. The van der Waals surface area contributed by atoms with Crippen LogP contribution in [0.4, 0.5) is 0 Å². The predicted molar refractivity (Wildman–Crippen MR) is 117 cm³/mol. The highest BCUT2D eigenvalue weighted by Crippen LogP contribution is 2.24. The third kappa shape index (κ3) is 4.61. The van der Waals surface area contributed by atoms with Gasteiger partial charge in [-0.25, -0.2) is 0 Å². The zero-order valence-electron chi connectivity index (χ0n) is 16.5. The van der Waals surface area contributed by atoms with E-state index in [1.54, 1.807) is 6.07 Å². The number of aromatic amines is 1. The van der Waals surface area contributed by atoms with E-state index < -0.39 is 11.5 Å². The lowest BCUT2D eigenvalue weighted by Crippen LogP contribution is -2.45. The van der Waals surface area contributed by atoms with Crippen LogP contribution >= 0.6 is 23.2 Å². The fourth-order valence-electron chi connectivity index (χ4n) is 4.14. The van der Waals surface area contributed by atoms with Crippen LogP contribution in [-0.2, 0) is 13.0 Å². The van der Waals surface area contributed by atoms with Crippen LogP contribution in [0.2, 0.25) is 10.0 Å². The van der Waals surface area contributed by atoms with Gasteiger partial charge in [-0.2, -0.15) is 0 Å². The van der Waals surface area contributed by atoms with Gasteiger partial charge in [-0.05, 0) is 49.4 Å². The highest BCUT2D eigenvalue weighted by molar-refractivity contribution is 6.42. The van der Waals surface area contributed by atoms with E-state index in [4.69, 9.17) is 23.2 Å². The number of likely N-dealkylation sites (tertiary alicyclic amines) is 1. The molecule has 8 heteroatoms. The highest BCUT2D eigenvalue weighted by Gasteiger charge is 2.25. The van der Waals surface area contributed by atoms with Gasteiger partial charge in [-0.3, -0.25) is 19.3 Å². The number of benzene rings is 1. The monoisotopic (exact) mass is 447 g/mol. The van der Waals surface area contributed by atoms with Crippen molar-refractivity contribution in [1.82, 2.24) is 15.2 Å². The molecule has 6 nitrogen and oxygen atoms in total. The molecule has 0 unspecified atom stereocenters. The molecule has 0 radical (unpaired) electrons. The number of rotatable bonds is 4. The summed E-state index contributed by atoms with van der Waals surface area (Å²) in [4.78, 5) is 42.1. The Labute approximate surface area is 184 Å². The minimum absolute atomic E-state index is 0.00584. The molecule has 30 heavy (non-hydrogen) atoms. The van der Waals surface area contributed by atoms with Crippen molar-refractivity contribution in [3.8, 4) is 0 Å². The van der Waals surface area contributed by atoms with Crippen LogP contribution in [0, 0.1) is 0 Å². The Balaban J connectivity index is 1.35. The summed E-state index contributed by atoms with van der Waals surface area (Å²) < 4.78 is 0. The summed E-state index contributed by atoms with van der Waals surface area (Å²) in [5.41, 5.74) is 1.79. The molecule has 4 rings (SSSR count). The first kappa shape index (κ1) is 21.1. The number of Topliss-reactive ketones (excluding diaryl/α,β-unsaturated/α-hetero) is 1. The minimum atomic E-state index is -0.432. The maximum Gasteiger partial charge on any atom is 0.261 e. The third-order valence-electron chi connectivity index (χ3n) is 5.81. The Bertz CT molecular complexity index is 1040. The summed E-state index contributed by atoms with van der Waals surface area (Å²) >= 11 is 12.1. The van der Waals surface area contributed by atoms with Gasteiger partial charge in [0.05, 0.1) is 10.0 Å². The van der Waals surface area contributed by atoms with Crippen molar-refractivity contribution in [2.75, 3.05) is 13.1 Å². The van der Waals surface area contributed by atoms with Crippen LogP contribution in [0.1, 0.15) is 57.7 Å². The van der Waals surface area contributed by atoms with E-state index in [0.717, 1.165) is 44.5 Å². The summed E-state index contributed by atoms with van der Waals surface area (Å²) in [5.74, 6) is -0.433. The number of nitrogens with one attached hydrogen (secondary N) is 2. The standard InChI is InChI=1S/C22H23Cl2N3O3/c23-17-5-4-13(10-18(17)24)12-27-8-6-14(7-9-27)25-21(29)16-11-15-19(26-22(16)30)2-1-3-20(15)28/h4-5,10-11,14H,1-3,6-9,12H2,(H,25,29)(H,26,30). The van der Waals surface area contributed by atoms with E-state index in [1.165, 1.54) is 6.07 Å². The molecular formula is C22H23Cl2N3O3. The zero-order chi connectivity index (χ0) is 21.3. The zero-order valence-corrected chi connectivity index (χ0v) is 18.0. The lowest BCUT2D eigenvalue weighted by Gasteiger charge is -2.32. The number of nitrogens with zero attached hydrogens (tertiary/aromatic N) is 1. The van der Waals surface area contributed by atoms with Crippen molar-refractivity contribution in [2.24, 2.45) is 0 Å². The second-order valence-corrected chi connectivity index (χ2v) is 8.77. The predicted octanol–water partition coefficient (Wildman–Crippen LogP) is 3.60. The van der Waals surface area contributed by atoms with Gasteiger partial charge in [0.25, 0.3) is 11.5 Å². The number of carbonyl (C=O) groups excluding carboxylic acids is 2. The van der Waals surface area contributed by atoms with Crippen molar-refractivity contribution in [1.29, 1.82) is 0 Å². The summed E-state index contributed by atoms with van der Waals surface area (Å²) in [6.45, 7) is 2.42. The quantitative estimate of drug-likeness (QED) is 0.749. The van der Waals surface area contributed by atoms with Gasteiger partial charge in [0, 0.05) is 43.4 Å². The van der Waals surface area contributed by atoms with Gasteiger partial charge in [0.15, 0.2) is 5.78 Å². The minimum Gasteiger partial charge on any atom is -0.349 e. The molecule has 0 spiro atoms. The SMILES string of the molecule is O=C1CCCc2[nH]c(=O)c(C(=O)NC3CCN(Cc4ccc(Cl)c(Cl)c4)CC3)cc21. The lowest BCUT2D eigenvalue weighted by atomic mass is 9.93. The molecule has 0 saturated carbocycles. The molecular weight excluding hydrogens is 425 g/mol. The number of carbonyl (C=O) groups is 2. The Hall–Kier alpha value is -2.15. The maximum absolute atomic E-state index is 12.7. The molecule has 2 N–H and O–H groups in total. The Kier molecular flexibility index (Phi) is 6.27. The van der Waals surface area contributed by atoms with E-state index in [1.807, 2.05) is 12.1 Å². The number of aromatic nitrogens is 1. The highest BCUT2D eigenvalue weighted by atomic mass is 35.5. The number of H-pyrrole nitrogens is 1. The van der Waals surface area contributed by atoms with Crippen molar-refractivity contribution in [3.63, 3.8) is 0 Å². The molecule has 1 fully saturated rings. The third-order valence-corrected chi connectivity index (χ3v) is 6.55. The van der Waals surface area contributed by atoms with Gasteiger partial charge < -0.3 is 10.3 Å². The molecule has 1 aliphatic heterocycles. The Morgan fingerprint density at radius 1 is 1.10 bits per heavy atom.